The first-order valence-electron chi connectivity index (χ1n) is 6.92. The van der Waals surface area contributed by atoms with Gasteiger partial charge < -0.3 is 10.5 Å². The first kappa shape index (κ1) is 18.8. The van der Waals surface area contributed by atoms with E-state index in [1.165, 1.54) is 11.8 Å². The van der Waals surface area contributed by atoms with Crippen LogP contribution in [0.15, 0.2) is 58.7 Å². The second-order valence-electron chi connectivity index (χ2n) is 4.66. The summed E-state index contributed by atoms with van der Waals surface area (Å²) in [5.41, 5.74) is 6.21. The maximum absolute atomic E-state index is 13.7. The Morgan fingerprint density at radius 1 is 1.12 bits per heavy atom. The molecule has 4 nitrogen and oxygen atoms in total. The average molecular weight is 371 g/mol. The van der Waals surface area contributed by atoms with Crippen molar-refractivity contribution in [2.24, 2.45) is 15.9 Å². The van der Waals surface area contributed by atoms with Crippen molar-refractivity contribution in [2.45, 2.75) is 12.1 Å². The Labute approximate surface area is 145 Å². The van der Waals surface area contributed by atoms with Gasteiger partial charge in [-0.1, -0.05) is 48.2 Å². The zero-order valence-electron chi connectivity index (χ0n) is 12.7. The van der Waals surface area contributed by atoms with Crippen LogP contribution >= 0.6 is 11.8 Å². The lowest BCUT2D eigenvalue weighted by atomic mass is 10.2. The molecule has 9 heteroatoms. The monoisotopic (exact) mass is 371 g/mol. The second-order valence-corrected chi connectivity index (χ2v) is 5.65. The lowest BCUT2D eigenvalue weighted by Crippen LogP contribution is -2.18. The van der Waals surface area contributed by atoms with Gasteiger partial charge in [-0.15, -0.1) is 18.3 Å². The summed E-state index contributed by atoms with van der Waals surface area (Å²) < 4.78 is 54.4. The van der Waals surface area contributed by atoms with Gasteiger partial charge in [0.2, 0.25) is 0 Å². The van der Waals surface area contributed by atoms with Crippen LogP contribution in [0.1, 0.15) is 11.1 Å². The summed E-state index contributed by atoms with van der Waals surface area (Å²) in [6.45, 7) is 0. The van der Waals surface area contributed by atoms with E-state index in [1.807, 2.05) is 30.3 Å². The molecule has 0 fully saturated rings. The SMILES string of the molecule is NC(=NN=Cc1c(F)cccc1OC(F)(F)F)SCc1ccccc1. The summed E-state index contributed by atoms with van der Waals surface area (Å²) in [4.78, 5) is 0. The third-order valence-electron chi connectivity index (χ3n) is 2.81. The molecule has 0 saturated carbocycles. The number of benzene rings is 2. The lowest BCUT2D eigenvalue weighted by molar-refractivity contribution is -0.274. The molecular weight excluding hydrogens is 358 g/mol. The van der Waals surface area contributed by atoms with Gasteiger partial charge >= 0.3 is 6.36 Å². The van der Waals surface area contributed by atoms with Gasteiger partial charge in [-0.05, 0) is 17.7 Å². The Morgan fingerprint density at radius 2 is 1.84 bits per heavy atom. The first-order chi connectivity index (χ1) is 11.8. The molecule has 2 aromatic rings. The van der Waals surface area contributed by atoms with Gasteiger partial charge in [0, 0.05) is 5.75 Å². The van der Waals surface area contributed by atoms with Crippen molar-refractivity contribution < 1.29 is 22.3 Å². The Morgan fingerprint density at radius 3 is 2.52 bits per heavy atom. The molecule has 0 saturated heterocycles. The van der Waals surface area contributed by atoms with Gasteiger partial charge in [0.1, 0.15) is 11.6 Å². The number of amidine groups is 1. The van der Waals surface area contributed by atoms with E-state index in [0.717, 1.165) is 30.0 Å². The Balaban J connectivity index is 2.05. The molecule has 2 rings (SSSR count). The maximum atomic E-state index is 13.7. The van der Waals surface area contributed by atoms with Crippen LogP contribution in [0.4, 0.5) is 17.6 Å². The molecule has 25 heavy (non-hydrogen) atoms. The Hall–Kier alpha value is -2.55. The van der Waals surface area contributed by atoms with E-state index in [2.05, 4.69) is 14.9 Å². The summed E-state index contributed by atoms with van der Waals surface area (Å²) in [6, 6.07) is 12.5. The fraction of sp³-hybridized carbons (Fsp3) is 0.125. The van der Waals surface area contributed by atoms with Crippen LogP contribution in [-0.4, -0.2) is 17.7 Å². The fourth-order valence-electron chi connectivity index (χ4n) is 1.76. The maximum Gasteiger partial charge on any atom is 0.573 e. The summed E-state index contributed by atoms with van der Waals surface area (Å²) in [6.07, 6.45) is -4.11. The highest BCUT2D eigenvalue weighted by Gasteiger charge is 2.32. The molecule has 2 aromatic carbocycles. The minimum Gasteiger partial charge on any atom is -0.405 e. The Kier molecular flexibility index (Phi) is 6.40. The number of halogens is 4. The molecule has 0 heterocycles. The van der Waals surface area contributed by atoms with Crippen LogP contribution < -0.4 is 10.5 Å². The predicted octanol–water partition coefficient (Wildman–Crippen LogP) is 4.31. The van der Waals surface area contributed by atoms with E-state index >= 15 is 0 Å². The van der Waals surface area contributed by atoms with E-state index in [9.17, 15) is 17.6 Å². The van der Waals surface area contributed by atoms with Crippen LogP contribution in [0.2, 0.25) is 0 Å². The highest BCUT2D eigenvalue weighted by atomic mass is 32.2. The van der Waals surface area contributed by atoms with Crippen molar-refractivity contribution in [3.63, 3.8) is 0 Å². The topological polar surface area (TPSA) is 60.0 Å². The quantitative estimate of drug-likeness (QED) is 0.369. The molecule has 0 aromatic heterocycles. The van der Waals surface area contributed by atoms with E-state index in [1.54, 1.807) is 0 Å². The van der Waals surface area contributed by atoms with Gasteiger partial charge in [-0.2, -0.15) is 5.10 Å². The van der Waals surface area contributed by atoms with Gasteiger partial charge in [0.25, 0.3) is 0 Å². The average Bonchev–Trinajstić information content (AvgIpc) is 2.55. The molecule has 0 aliphatic rings. The second kappa shape index (κ2) is 8.52. The molecule has 0 atom stereocenters. The fourth-order valence-corrected chi connectivity index (χ4v) is 2.37. The standard InChI is InChI=1S/C16H13F4N3OS/c17-13-7-4-8-14(24-16(18,19)20)12(13)9-22-23-15(21)25-10-11-5-2-1-3-6-11/h1-9H,10H2,(H2,21,23). The first-order valence-corrected chi connectivity index (χ1v) is 7.91. The number of alkyl halides is 3. The molecule has 132 valence electrons. The van der Waals surface area contributed by atoms with Crippen molar-refractivity contribution in [3.8, 4) is 5.75 Å². The summed E-state index contributed by atoms with van der Waals surface area (Å²) in [7, 11) is 0. The van der Waals surface area contributed by atoms with Crippen LogP contribution in [0.5, 0.6) is 5.75 Å². The van der Waals surface area contributed by atoms with Crippen molar-refractivity contribution in [1.29, 1.82) is 0 Å². The number of nitrogens with two attached hydrogens (primary N) is 1. The normalized spacial score (nSPS) is 12.6. The van der Waals surface area contributed by atoms with E-state index in [0.29, 0.717) is 5.75 Å². The number of nitrogens with zero attached hydrogens (tertiary/aromatic N) is 2. The van der Waals surface area contributed by atoms with Gasteiger partial charge in [0.05, 0.1) is 11.8 Å². The van der Waals surface area contributed by atoms with Crippen LogP contribution in [-0.2, 0) is 5.75 Å². The van der Waals surface area contributed by atoms with Crippen LogP contribution in [0.3, 0.4) is 0 Å². The van der Waals surface area contributed by atoms with E-state index < -0.39 is 23.5 Å². The smallest absolute Gasteiger partial charge is 0.405 e. The number of thioether (sulfide) groups is 1. The molecular formula is C16H13F4N3OS. The van der Waals surface area contributed by atoms with Gasteiger partial charge in [0.15, 0.2) is 5.17 Å². The van der Waals surface area contributed by atoms with Crippen molar-refractivity contribution >= 4 is 23.1 Å². The number of hydrogen-bond acceptors (Lipinski definition) is 4. The van der Waals surface area contributed by atoms with Crippen LogP contribution in [0, 0.1) is 5.82 Å². The zero-order chi connectivity index (χ0) is 18.3. The summed E-state index contributed by atoms with van der Waals surface area (Å²) in [5.74, 6) is -1.08. The minimum atomic E-state index is -4.94. The highest BCUT2D eigenvalue weighted by molar-refractivity contribution is 8.13. The third kappa shape index (κ3) is 6.46. The molecule has 0 aliphatic carbocycles. The minimum absolute atomic E-state index is 0.0923. The lowest BCUT2D eigenvalue weighted by Gasteiger charge is -2.11. The highest BCUT2D eigenvalue weighted by Crippen LogP contribution is 2.27. The van der Waals surface area contributed by atoms with Crippen molar-refractivity contribution in [3.05, 3.63) is 65.5 Å². The summed E-state index contributed by atoms with van der Waals surface area (Å²) >= 11 is 1.19. The molecule has 0 aliphatic heterocycles. The number of ether oxygens (including phenoxy) is 1. The third-order valence-corrected chi connectivity index (χ3v) is 3.67. The van der Waals surface area contributed by atoms with Gasteiger partial charge in [-0.3, -0.25) is 0 Å². The predicted molar refractivity (Wildman–Crippen MR) is 90.0 cm³/mol. The molecule has 0 bridgehead atoms. The summed E-state index contributed by atoms with van der Waals surface area (Å²) in [5, 5.41) is 7.26. The molecule has 0 amide bonds. The van der Waals surface area contributed by atoms with E-state index in [-0.39, 0.29) is 5.17 Å². The molecule has 2 N–H and O–H groups in total. The Bertz CT molecular complexity index is 764. The van der Waals surface area contributed by atoms with Crippen molar-refractivity contribution in [2.75, 3.05) is 0 Å². The van der Waals surface area contributed by atoms with Crippen molar-refractivity contribution in [1.82, 2.24) is 0 Å². The van der Waals surface area contributed by atoms with Crippen LogP contribution in [0.25, 0.3) is 0 Å². The largest absolute Gasteiger partial charge is 0.573 e. The number of hydrogen-bond donors (Lipinski definition) is 1. The molecule has 0 radical (unpaired) electrons. The molecule has 0 spiro atoms. The van der Waals surface area contributed by atoms with E-state index in [4.69, 9.17) is 5.73 Å². The molecule has 0 unspecified atom stereocenters. The number of rotatable bonds is 5. The van der Waals surface area contributed by atoms with Gasteiger partial charge in [-0.25, -0.2) is 4.39 Å². The zero-order valence-corrected chi connectivity index (χ0v) is 13.5.